The number of nitrogens with zero attached hydrogens (tertiary/aromatic N) is 5. The number of hydrogen-bond donors (Lipinski definition) is 1. The highest BCUT2D eigenvalue weighted by atomic mass is 79.9. The molecule has 0 unspecified atom stereocenters. The van der Waals surface area contributed by atoms with Gasteiger partial charge in [0.15, 0.2) is 14.8 Å². The average molecular weight is 463 g/mol. The molecule has 27 heavy (non-hydrogen) atoms. The Morgan fingerprint density at radius 1 is 1.22 bits per heavy atom. The Kier molecular flexibility index (Phi) is 4.42. The highest BCUT2D eigenvalue weighted by Crippen LogP contribution is 2.38. The number of halogens is 1. The van der Waals surface area contributed by atoms with Gasteiger partial charge in [0, 0.05) is 35.3 Å². The summed E-state index contributed by atoms with van der Waals surface area (Å²) in [4.78, 5) is 24.3. The Labute approximate surface area is 173 Å². The van der Waals surface area contributed by atoms with Crippen molar-refractivity contribution in [2.45, 2.75) is 18.9 Å². The van der Waals surface area contributed by atoms with Gasteiger partial charge in [-0.3, -0.25) is 4.98 Å². The largest absolute Gasteiger partial charge is 0.359 e. The van der Waals surface area contributed by atoms with Crippen LogP contribution in [-0.2, 0) is 0 Å². The van der Waals surface area contributed by atoms with Crippen molar-refractivity contribution in [3.63, 3.8) is 0 Å². The average Bonchev–Trinajstić information content (AvgIpc) is 3.37. The first-order valence-electron chi connectivity index (χ1n) is 8.91. The van der Waals surface area contributed by atoms with E-state index >= 15 is 0 Å². The second kappa shape index (κ2) is 6.80. The molecule has 0 atom stereocenters. The molecule has 0 spiro atoms. The van der Waals surface area contributed by atoms with E-state index in [1.54, 1.807) is 22.7 Å². The molecule has 0 aliphatic carbocycles. The number of hydrogen-bond acceptors (Lipinski definition) is 7. The second-order valence-electron chi connectivity index (χ2n) is 6.99. The number of likely N-dealkylation sites (tertiary alicyclic amines) is 1. The minimum atomic E-state index is 0.563. The molecular weight excluding hydrogens is 444 g/mol. The number of H-pyrrole nitrogens is 1. The van der Waals surface area contributed by atoms with Gasteiger partial charge in [-0.05, 0) is 55.0 Å². The Hall–Kier alpha value is -1.55. The lowest BCUT2D eigenvalue weighted by Crippen LogP contribution is -2.41. The number of aromatic nitrogens is 4. The molecule has 6 nitrogen and oxygen atoms in total. The van der Waals surface area contributed by atoms with Crippen molar-refractivity contribution in [2.24, 2.45) is 0 Å². The Bertz CT molecular complexity index is 1080. The van der Waals surface area contributed by atoms with Crippen molar-refractivity contribution >= 4 is 64.3 Å². The Morgan fingerprint density at radius 2 is 2.00 bits per heavy atom. The van der Waals surface area contributed by atoms with E-state index in [1.807, 2.05) is 18.5 Å². The van der Waals surface area contributed by atoms with Crippen molar-refractivity contribution in [2.75, 3.05) is 32.1 Å². The van der Waals surface area contributed by atoms with Gasteiger partial charge in [0.05, 0.1) is 5.52 Å². The van der Waals surface area contributed by atoms with Gasteiger partial charge in [-0.2, -0.15) is 0 Å². The zero-order valence-corrected chi connectivity index (χ0v) is 18.3. The lowest BCUT2D eigenvalue weighted by atomic mass is 10.0. The van der Waals surface area contributed by atoms with E-state index in [4.69, 9.17) is 9.97 Å². The van der Waals surface area contributed by atoms with Crippen LogP contribution >= 0.6 is 38.6 Å². The molecule has 0 aromatic carbocycles. The smallest absolute Gasteiger partial charge is 0.188 e. The predicted molar refractivity (Wildman–Crippen MR) is 117 cm³/mol. The number of aromatic amines is 1. The maximum atomic E-state index is 4.88. The lowest BCUT2D eigenvalue weighted by Gasteiger charge is -2.34. The monoisotopic (exact) mass is 462 g/mol. The molecule has 5 heterocycles. The van der Waals surface area contributed by atoms with Gasteiger partial charge < -0.3 is 14.8 Å². The summed E-state index contributed by atoms with van der Waals surface area (Å²) in [7, 11) is 4.36. The zero-order valence-electron chi connectivity index (χ0n) is 15.1. The summed E-state index contributed by atoms with van der Waals surface area (Å²) in [5.74, 6) is 0. The van der Waals surface area contributed by atoms with Crippen molar-refractivity contribution < 1.29 is 0 Å². The summed E-state index contributed by atoms with van der Waals surface area (Å²) in [6.45, 7) is 2.30. The highest BCUT2D eigenvalue weighted by molar-refractivity contribution is 9.10. The SMILES string of the molecule is CN1CCC(N(C)c2nc3sc(-c4ncc(Br)c5cc[nH]c45)nc3s2)CC1. The predicted octanol–water partition coefficient (Wildman–Crippen LogP) is 4.59. The number of fused-ring (bicyclic) bond motifs is 2. The van der Waals surface area contributed by atoms with Crippen LogP contribution in [0.3, 0.4) is 0 Å². The Balaban J connectivity index is 1.46. The minimum absolute atomic E-state index is 0.563. The molecule has 140 valence electrons. The van der Waals surface area contributed by atoms with E-state index < -0.39 is 0 Å². The number of nitrogens with one attached hydrogen (secondary N) is 1. The molecule has 0 radical (unpaired) electrons. The van der Waals surface area contributed by atoms with Crippen LogP contribution in [0.25, 0.3) is 31.3 Å². The molecular formula is C18H19BrN6S2. The molecule has 0 saturated carbocycles. The molecule has 1 saturated heterocycles. The first kappa shape index (κ1) is 17.5. The van der Waals surface area contributed by atoms with Crippen molar-refractivity contribution in [3.8, 4) is 10.7 Å². The van der Waals surface area contributed by atoms with E-state index in [0.717, 1.165) is 54.0 Å². The highest BCUT2D eigenvalue weighted by Gasteiger charge is 2.24. The minimum Gasteiger partial charge on any atom is -0.359 e. The first-order chi connectivity index (χ1) is 13.1. The van der Waals surface area contributed by atoms with Crippen LogP contribution in [0.5, 0.6) is 0 Å². The number of anilines is 1. The van der Waals surface area contributed by atoms with E-state index in [1.165, 1.54) is 12.8 Å². The van der Waals surface area contributed by atoms with E-state index in [0.29, 0.717) is 6.04 Å². The third-order valence-electron chi connectivity index (χ3n) is 5.25. The van der Waals surface area contributed by atoms with Crippen LogP contribution in [-0.4, -0.2) is 58.1 Å². The van der Waals surface area contributed by atoms with Gasteiger partial charge in [0.2, 0.25) is 0 Å². The molecule has 1 aliphatic heterocycles. The third kappa shape index (κ3) is 3.06. The number of thiazole rings is 2. The topological polar surface area (TPSA) is 60.9 Å². The maximum absolute atomic E-state index is 4.88. The van der Waals surface area contributed by atoms with E-state index in [9.17, 15) is 0 Å². The van der Waals surface area contributed by atoms with E-state index in [2.05, 4.69) is 49.8 Å². The summed E-state index contributed by atoms with van der Waals surface area (Å²) >= 11 is 6.85. The number of piperidine rings is 1. The molecule has 9 heteroatoms. The fraction of sp³-hybridized carbons (Fsp3) is 0.389. The van der Waals surface area contributed by atoms with Crippen molar-refractivity contribution in [3.05, 3.63) is 22.9 Å². The summed E-state index contributed by atoms with van der Waals surface area (Å²) in [6.07, 6.45) is 6.15. The molecule has 0 amide bonds. The molecule has 4 aromatic heterocycles. The molecule has 4 aromatic rings. The summed E-state index contributed by atoms with van der Waals surface area (Å²) in [6, 6.07) is 2.61. The zero-order chi connectivity index (χ0) is 18.5. The standard InChI is InChI=1S/C18H19BrN6S2/c1-24-7-4-10(5-8-24)25(2)18-23-17-16(27-18)22-15(26-17)14-13-11(3-6-20-13)12(19)9-21-14/h3,6,9-10,20H,4-5,7-8H2,1-2H3. The molecule has 0 bridgehead atoms. The van der Waals surface area contributed by atoms with Crippen molar-refractivity contribution in [1.82, 2.24) is 24.8 Å². The first-order valence-corrected chi connectivity index (χ1v) is 11.3. The summed E-state index contributed by atoms with van der Waals surface area (Å²) in [5, 5.41) is 3.10. The molecule has 5 rings (SSSR count). The van der Waals surface area contributed by atoms with Gasteiger partial charge in [-0.25, -0.2) is 9.97 Å². The Morgan fingerprint density at radius 3 is 2.78 bits per heavy atom. The fourth-order valence-corrected chi connectivity index (χ4v) is 6.11. The van der Waals surface area contributed by atoms with Crippen LogP contribution < -0.4 is 4.90 Å². The van der Waals surface area contributed by atoms with Gasteiger partial charge >= 0.3 is 0 Å². The van der Waals surface area contributed by atoms with E-state index in [-0.39, 0.29) is 0 Å². The van der Waals surface area contributed by atoms with Gasteiger partial charge in [0.1, 0.15) is 10.7 Å². The second-order valence-corrected chi connectivity index (χ2v) is 9.78. The summed E-state index contributed by atoms with van der Waals surface area (Å²) in [5.41, 5.74) is 1.90. The van der Waals surface area contributed by atoms with Crippen LogP contribution in [0.1, 0.15) is 12.8 Å². The normalized spacial score (nSPS) is 16.6. The number of pyridine rings is 1. The summed E-state index contributed by atoms with van der Waals surface area (Å²) < 4.78 is 0.987. The van der Waals surface area contributed by atoms with Crippen LogP contribution in [0, 0.1) is 0 Å². The van der Waals surface area contributed by atoms with Crippen LogP contribution in [0.4, 0.5) is 5.13 Å². The molecule has 1 fully saturated rings. The maximum Gasteiger partial charge on any atom is 0.188 e. The van der Waals surface area contributed by atoms with Gasteiger partial charge in [-0.15, -0.1) is 0 Å². The van der Waals surface area contributed by atoms with Crippen LogP contribution in [0.15, 0.2) is 22.9 Å². The lowest BCUT2D eigenvalue weighted by molar-refractivity contribution is 0.253. The molecule has 1 aliphatic rings. The third-order valence-corrected chi connectivity index (χ3v) is 8.01. The van der Waals surface area contributed by atoms with Gasteiger partial charge in [0.25, 0.3) is 0 Å². The van der Waals surface area contributed by atoms with Gasteiger partial charge in [-0.1, -0.05) is 22.7 Å². The fourth-order valence-electron chi connectivity index (χ4n) is 3.60. The van der Waals surface area contributed by atoms with Crippen molar-refractivity contribution in [1.29, 1.82) is 0 Å². The molecule has 1 N–H and O–H groups in total. The number of rotatable bonds is 3. The quantitative estimate of drug-likeness (QED) is 0.482. The van der Waals surface area contributed by atoms with Crippen LogP contribution in [0.2, 0.25) is 0 Å².